The highest BCUT2D eigenvalue weighted by Crippen LogP contribution is 2.27. The Hall–Kier alpha value is -3.06. The highest BCUT2D eigenvalue weighted by Gasteiger charge is 2.24. The number of carbonyl (C=O) groups is 1. The van der Waals surface area contributed by atoms with E-state index < -0.39 is 0 Å². The minimum Gasteiger partial charge on any atom is -0.494 e. The fraction of sp³-hybridized carbons (Fsp3) is 0.200. The molecule has 0 bridgehead atoms. The Balaban J connectivity index is 1.97. The van der Waals surface area contributed by atoms with Gasteiger partial charge in [0.2, 0.25) is 0 Å². The maximum atomic E-state index is 13.0. The monoisotopic (exact) mass is 380 g/mol. The van der Waals surface area contributed by atoms with E-state index in [0.717, 1.165) is 29.2 Å². The van der Waals surface area contributed by atoms with Crippen molar-refractivity contribution in [2.75, 3.05) is 12.4 Å². The number of ether oxygens (including phenoxy) is 1. The fourth-order valence-corrected chi connectivity index (χ4v) is 3.63. The van der Waals surface area contributed by atoms with Crippen LogP contribution in [0.5, 0.6) is 5.75 Å². The van der Waals surface area contributed by atoms with Crippen LogP contribution in [0, 0.1) is 12.3 Å². The van der Waals surface area contributed by atoms with Gasteiger partial charge in [-0.15, -0.1) is 0 Å². The third-order valence-corrected chi connectivity index (χ3v) is 5.15. The Bertz CT molecular complexity index is 997. The van der Waals surface area contributed by atoms with E-state index in [1.165, 1.54) is 7.11 Å². The molecule has 0 saturated heterocycles. The van der Waals surface area contributed by atoms with Gasteiger partial charge in [-0.1, -0.05) is 25.1 Å². The van der Waals surface area contributed by atoms with Crippen molar-refractivity contribution in [3.05, 3.63) is 70.0 Å². The summed E-state index contributed by atoms with van der Waals surface area (Å²) < 4.78 is 9.60. The minimum atomic E-state index is -0.281. The van der Waals surface area contributed by atoms with E-state index in [2.05, 4.69) is 14.7 Å². The summed E-state index contributed by atoms with van der Waals surface area (Å²) in [4.78, 5) is 17.7. The number of hydrogen-bond acceptors (Lipinski definition) is 6. The van der Waals surface area contributed by atoms with Crippen LogP contribution in [0.15, 0.2) is 42.6 Å². The fourth-order valence-electron chi connectivity index (χ4n) is 2.79. The molecule has 0 saturated carbocycles. The summed E-state index contributed by atoms with van der Waals surface area (Å²) in [6, 6.07) is 11.2. The summed E-state index contributed by atoms with van der Waals surface area (Å²) >= 11 is 1.12. The van der Waals surface area contributed by atoms with Crippen molar-refractivity contribution in [2.45, 2.75) is 20.3 Å². The first-order chi connectivity index (χ1) is 13.1. The number of nitrogens with zero attached hydrogens (tertiary/aromatic N) is 2. The third kappa shape index (κ3) is 3.73. The Morgan fingerprint density at radius 3 is 2.78 bits per heavy atom. The van der Waals surface area contributed by atoms with Crippen LogP contribution in [-0.2, 0) is 6.42 Å². The van der Waals surface area contributed by atoms with Crippen LogP contribution in [-0.4, -0.2) is 28.1 Å². The zero-order valence-electron chi connectivity index (χ0n) is 15.4. The molecule has 0 aliphatic heterocycles. The number of benzene rings is 1. The van der Waals surface area contributed by atoms with Gasteiger partial charge in [0.05, 0.1) is 23.2 Å². The van der Waals surface area contributed by atoms with Crippen molar-refractivity contribution in [1.29, 1.82) is 5.41 Å². The molecule has 2 aromatic heterocycles. The van der Waals surface area contributed by atoms with E-state index in [9.17, 15) is 4.79 Å². The minimum absolute atomic E-state index is 0.118. The number of para-hydroxylation sites is 1. The Morgan fingerprint density at radius 2 is 2.04 bits per heavy atom. The van der Waals surface area contributed by atoms with Crippen molar-refractivity contribution in [1.82, 2.24) is 9.36 Å². The second kappa shape index (κ2) is 8.09. The van der Waals surface area contributed by atoms with Crippen LogP contribution in [0.2, 0.25) is 0 Å². The SMILES string of the molecule is CCc1ccccc1NC(=O)c1c(C)nsc1C(=N)c1ncccc1OC. The predicted molar refractivity (Wildman–Crippen MR) is 107 cm³/mol. The number of hydrogen-bond donors (Lipinski definition) is 2. The molecular weight excluding hydrogens is 360 g/mol. The lowest BCUT2D eigenvalue weighted by atomic mass is 10.1. The molecule has 0 atom stereocenters. The molecule has 1 aromatic carbocycles. The predicted octanol–water partition coefficient (Wildman–Crippen LogP) is 4.09. The summed E-state index contributed by atoms with van der Waals surface area (Å²) in [5.74, 6) is 0.202. The first-order valence-electron chi connectivity index (χ1n) is 8.50. The average molecular weight is 380 g/mol. The van der Waals surface area contributed by atoms with Gasteiger partial charge in [-0.05, 0) is 48.6 Å². The number of pyridine rings is 1. The maximum absolute atomic E-state index is 13.0. The summed E-state index contributed by atoms with van der Waals surface area (Å²) in [7, 11) is 1.53. The van der Waals surface area contributed by atoms with Crippen LogP contribution in [0.1, 0.15) is 39.1 Å². The summed E-state index contributed by atoms with van der Waals surface area (Å²) in [5, 5.41) is 11.5. The molecule has 2 N–H and O–H groups in total. The average Bonchev–Trinajstić information content (AvgIpc) is 3.09. The van der Waals surface area contributed by atoms with Gasteiger partial charge in [-0.25, -0.2) is 0 Å². The Kier molecular flexibility index (Phi) is 5.61. The van der Waals surface area contributed by atoms with Gasteiger partial charge in [0.15, 0.2) is 0 Å². The zero-order valence-corrected chi connectivity index (χ0v) is 16.2. The van der Waals surface area contributed by atoms with Gasteiger partial charge in [0, 0.05) is 11.9 Å². The van der Waals surface area contributed by atoms with E-state index in [-0.39, 0.29) is 11.6 Å². The van der Waals surface area contributed by atoms with Gasteiger partial charge in [0.1, 0.15) is 17.2 Å². The zero-order chi connectivity index (χ0) is 19.4. The molecule has 2 heterocycles. The lowest BCUT2D eigenvalue weighted by Gasteiger charge is -2.11. The summed E-state index contributed by atoms with van der Waals surface area (Å²) in [6.45, 7) is 3.81. The summed E-state index contributed by atoms with van der Waals surface area (Å²) in [5.41, 5.74) is 3.29. The number of nitrogens with one attached hydrogen (secondary N) is 2. The second-order valence-electron chi connectivity index (χ2n) is 5.87. The summed E-state index contributed by atoms with van der Waals surface area (Å²) in [6.07, 6.45) is 2.41. The topological polar surface area (TPSA) is 88.0 Å². The van der Waals surface area contributed by atoms with Crippen LogP contribution in [0.3, 0.4) is 0 Å². The van der Waals surface area contributed by atoms with E-state index in [4.69, 9.17) is 10.1 Å². The largest absolute Gasteiger partial charge is 0.494 e. The first-order valence-corrected chi connectivity index (χ1v) is 9.28. The molecule has 0 aliphatic carbocycles. The standard InChI is InChI=1S/C20H20N4O2S/c1-4-13-8-5-6-9-14(13)23-20(25)16-12(2)24-27-19(16)17(21)18-15(26-3)10-7-11-22-18/h5-11,21H,4H2,1-3H3,(H,23,25). The maximum Gasteiger partial charge on any atom is 0.259 e. The number of methoxy groups -OCH3 is 1. The second-order valence-corrected chi connectivity index (χ2v) is 6.64. The van der Waals surface area contributed by atoms with Crippen molar-refractivity contribution in [3.63, 3.8) is 0 Å². The van der Waals surface area contributed by atoms with Crippen molar-refractivity contribution >= 4 is 28.8 Å². The molecule has 0 spiro atoms. The van der Waals surface area contributed by atoms with Gasteiger partial charge in [0.25, 0.3) is 5.91 Å². The molecule has 7 heteroatoms. The van der Waals surface area contributed by atoms with Gasteiger partial charge >= 0.3 is 0 Å². The number of amides is 1. The molecule has 27 heavy (non-hydrogen) atoms. The van der Waals surface area contributed by atoms with Crippen molar-refractivity contribution < 1.29 is 9.53 Å². The molecule has 3 rings (SSSR count). The van der Waals surface area contributed by atoms with Gasteiger partial charge in [-0.2, -0.15) is 4.37 Å². The number of rotatable bonds is 6. The normalized spacial score (nSPS) is 10.5. The Morgan fingerprint density at radius 1 is 1.26 bits per heavy atom. The number of aromatic nitrogens is 2. The molecule has 138 valence electrons. The number of anilines is 1. The van der Waals surface area contributed by atoms with Crippen LogP contribution in [0.4, 0.5) is 5.69 Å². The highest BCUT2D eigenvalue weighted by molar-refractivity contribution is 7.09. The van der Waals surface area contributed by atoms with E-state index in [1.807, 2.05) is 31.2 Å². The smallest absolute Gasteiger partial charge is 0.259 e. The van der Waals surface area contributed by atoms with Gasteiger partial charge < -0.3 is 10.1 Å². The van der Waals surface area contributed by atoms with E-state index in [1.54, 1.807) is 25.3 Å². The lowest BCUT2D eigenvalue weighted by Crippen LogP contribution is -2.17. The lowest BCUT2D eigenvalue weighted by molar-refractivity contribution is 0.102. The molecule has 3 aromatic rings. The molecule has 6 nitrogen and oxygen atoms in total. The molecular formula is C20H20N4O2S. The quantitative estimate of drug-likeness (QED) is 0.631. The van der Waals surface area contributed by atoms with E-state index in [0.29, 0.717) is 27.6 Å². The van der Waals surface area contributed by atoms with Crippen molar-refractivity contribution in [2.24, 2.45) is 0 Å². The molecule has 1 amide bonds. The van der Waals surface area contributed by atoms with Crippen molar-refractivity contribution in [3.8, 4) is 5.75 Å². The van der Waals surface area contributed by atoms with Crippen LogP contribution >= 0.6 is 11.5 Å². The van der Waals surface area contributed by atoms with Gasteiger partial charge in [-0.3, -0.25) is 15.2 Å². The molecule has 0 aliphatic rings. The van der Waals surface area contributed by atoms with Crippen LogP contribution in [0.25, 0.3) is 0 Å². The molecule has 0 fully saturated rings. The Labute approximate surface area is 161 Å². The third-order valence-electron chi connectivity index (χ3n) is 4.19. The number of carbonyl (C=O) groups excluding carboxylic acids is 1. The molecule has 0 unspecified atom stereocenters. The van der Waals surface area contributed by atoms with Crippen LogP contribution < -0.4 is 10.1 Å². The molecule has 0 radical (unpaired) electrons. The highest BCUT2D eigenvalue weighted by atomic mass is 32.1. The first kappa shape index (κ1) is 18.7. The number of aryl methyl sites for hydroxylation is 2. The van der Waals surface area contributed by atoms with E-state index >= 15 is 0 Å².